The van der Waals surface area contributed by atoms with Crippen LogP contribution < -0.4 is 0 Å². The molecule has 0 aliphatic rings. The molecule has 0 radical (unpaired) electrons. The van der Waals surface area contributed by atoms with Crippen molar-refractivity contribution in [1.82, 2.24) is 0 Å². The third-order valence-electron chi connectivity index (χ3n) is 3.02. The van der Waals surface area contributed by atoms with E-state index in [0.717, 1.165) is 25.4 Å². The van der Waals surface area contributed by atoms with Gasteiger partial charge in [0.25, 0.3) is 0 Å². The number of benzene rings is 3. The zero-order chi connectivity index (χ0) is 14.8. The highest BCUT2D eigenvalue weighted by Gasteiger charge is 2.06. The van der Waals surface area contributed by atoms with Gasteiger partial charge in [-0.3, -0.25) is 0 Å². The zero-order valence-electron chi connectivity index (χ0n) is 10.8. The van der Waals surface area contributed by atoms with Gasteiger partial charge in [0, 0.05) is 14.3 Å². The van der Waals surface area contributed by atoms with Crippen LogP contribution in [0.4, 0.5) is 11.4 Å². The third kappa shape index (κ3) is 3.14. The Balaban J connectivity index is 2.07. The van der Waals surface area contributed by atoms with E-state index in [2.05, 4.69) is 42.1 Å². The number of rotatable bonds is 2. The van der Waals surface area contributed by atoms with E-state index < -0.39 is 0 Å². The largest absolute Gasteiger partial charge is 0.506 e. The number of nitrogens with zero attached hydrogens (tertiary/aromatic N) is 2. The molecule has 3 aromatic carbocycles. The van der Waals surface area contributed by atoms with Crippen LogP contribution in [0.1, 0.15) is 0 Å². The maximum absolute atomic E-state index is 10.0. The lowest BCUT2D eigenvalue weighted by Crippen LogP contribution is -1.76. The highest BCUT2D eigenvalue weighted by molar-refractivity contribution is 9.10. The SMILES string of the molecule is Oc1ccc2cc(Br)ccc2c1N=Nc1ccc(Br)cc1. The average Bonchev–Trinajstić information content (AvgIpc) is 2.48. The summed E-state index contributed by atoms with van der Waals surface area (Å²) in [6.45, 7) is 0. The standard InChI is InChI=1S/C16H10Br2N2O/c17-11-2-5-13(6-3-11)19-20-16-14-7-4-12(18)9-10(14)1-8-15(16)21/h1-9,21H. The van der Waals surface area contributed by atoms with Crippen LogP contribution >= 0.6 is 31.9 Å². The Hall–Kier alpha value is -1.72. The van der Waals surface area contributed by atoms with Gasteiger partial charge < -0.3 is 5.11 Å². The number of hydrogen-bond acceptors (Lipinski definition) is 3. The molecule has 0 unspecified atom stereocenters. The third-order valence-corrected chi connectivity index (χ3v) is 4.05. The van der Waals surface area contributed by atoms with Gasteiger partial charge in [-0.05, 0) is 47.9 Å². The molecule has 0 aromatic heterocycles. The van der Waals surface area contributed by atoms with Crippen molar-refractivity contribution in [3.05, 3.63) is 63.5 Å². The summed E-state index contributed by atoms with van der Waals surface area (Å²) in [5.41, 5.74) is 1.20. The topological polar surface area (TPSA) is 45.0 Å². The number of azo groups is 1. The van der Waals surface area contributed by atoms with Crippen molar-refractivity contribution in [2.75, 3.05) is 0 Å². The molecule has 0 heterocycles. The summed E-state index contributed by atoms with van der Waals surface area (Å²) in [7, 11) is 0. The molecule has 0 amide bonds. The van der Waals surface area contributed by atoms with Crippen LogP contribution in [-0.2, 0) is 0 Å². The quantitative estimate of drug-likeness (QED) is 0.486. The van der Waals surface area contributed by atoms with Gasteiger partial charge in [0.15, 0.2) is 0 Å². The Morgan fingerprint density at radius 3 is 2.24 bits per heavy atom. The fraction of sp³-hybridized carbons (Fsp3) is 0. The molecule has 0 saturated carbocycles. The second-order valence-electron chi connectivity index (χ2n) is 4.48. The van der Waals surface area contributed by atoms with Crippen LogP contribution in [0.2, 0.25) is 0 Å². The van der Waals surface area contributed by atoms with Gasteiger partial charge in [0.1, 0.15) is 11.4 Å². The van der Waals surface area contributed by atoms with Crippen molar-refractivity contribution < 1.29 is 5.11 Å². The second-order valence-corrected chi connectivity index (χ2v) is 6.31. The van der Waals surface area contributed by atoms with E-state index in [9.17, 15) is 5.11 Å². The Morgan fingerprint density at radius 2 is 1.48 bits per heavy atom. The lowest BCUT2D eigenvalue weighted by atomic mass is 10.1. The van der Waals surface area contributed by atoms with Crippen LogP contribution in [0.15, 0.2) is 73.8 Å². The summed E-state index contributed by atoms with van der Waals surface area (Å²) >= 11 is 6.81. The Bertz CT molecular complexity index is 830. The first kappa shape index (κ1) is 14.2. The van der Waals surface area contributed by atoms with Crippen molar-refractivity contribution in [2.24, 2.45) is 10.2 Å². The van der Waals surface area contributed by atoms with Gasteiger partial charge in [0.2, 0.25) is 0 Å². The summed E-state index contributed by atoms with van der Waals surface area (Å²) < 4.78 is 1.97. The minimum absolute atomic E-state index is 0.116. The molecule has 3 nitrogen and oxygen atoms in total. The van der Waals surface area contributed by atoms with E-state index in [1.54, 1.807) is 6.07 Å². The van der Waals surface area contributed by atoms with Crippen molar-refractivity contribution >= 4 is 54.0 Å². The molecule has 0 fully saturated rings. The van der Waals surface area contributed by atoms with Crippen molar-refractivity contribution in [3.8, 4) is 5.75 Å². The Kier molecular flexibility index (Phi) is 4.03. The summed E-state index contributed by atoms with van der Waals surface area (Å²) in [4.78, 5) is 0. The molecule has 21 heavy (non-hydrogen) atoms. The number of phenols is 1. The number of halogens is 2. The molecule has 0 spiro atoms. The van der Waals surface area contributed by atoms with Crippen LogP contribution in [0.3, 0.4) is 0 Å². The average molecular weight is 406 g/mol. The van der Waals surface area contributed by atoms with Gasteiger partial charge in [-0.15, -0.1) is 5.11 Å². The molecule has 104 valence electrons. The zero-order valence-corrected chi connectivity index (χ0v) is 14.0. The second kappa shape index (κ2) is 5.95. The van der Waals surface area contributed by atoms with Gasteiger partial charge in [-0.1, -0.05) is 44.0 Å². The lowest BCUT2D eigenvalue weighted by molar-refractivity contribution is 0.477. The monoisotopic (exact) mass is 404 g/mol. The number of fused-ring (bicyclic) bond motifs is 1. The van der Waals surface area contributed by atoms with Crippen LogP contribution in [0.5, 0.6) is 5.75 Å². The lowest BCUT2D eigenvalue weighted by Gasteiger charge is -2.04. The number of aromatic hydroxyl groups is 1. The summed E-state index contributed by atoms with van der Waals surface area (Å²) in [6.07, 6.45) is 0. The highest BCUT2D eigenvalue weighted by Crippen LogP contribution is 2.37. The number of phenolic OH excluding ortho intramolecular Hbond substituents is 1. The Morgan fingerprint density at radius 1 is 0.762 bits per heavy atom. The molecule has 0 aliphatic heterocycles. The Labute approximate surface area is 138 Å². The molecule has 0 bridgehead atoms. The molecular weight excluding hydrogens is 396 g/mol. The molecule has 0 saturated heterocycles. The predicted molar refractivity (Wildman–Crippen MR) is 91.6 cm³/mol. The van der Waals surface area contributed by atoms with Gasteiger partial charge in [-0.25, -0.2) is 0 Å². The fourth-order valence-electron chi connectivity index (χ4n) is 1.99. The van der Waals surface area contributed by atoms with E-state index in [-0.39, 0.29) is 5.75 Å². The van der Waals surface area contributed by atoms with Crippen LogP contribution in [0, 0.1) is 0 Å². The molecule has 1 N–H and O–H groups in total. The highest BCUT2D eigenvalue weighted by atomic mass is 79.9. The first-order valence-electron chi connectivity index (χ1n) is 6.22. The summed E-state index contributed by atoms with van der Waals surface area (Å²) in [6, 6.07) is 16.8. The van der Waals surface area contributed by atoms with Gasteiger partial charge >= 0.3 is 0 Å². The smallest absolute Gasteiger partial charge is 0.143 e. The maximum atomic E-state index is 10.0. The van der Waals surface area contributed by atoms with Crippen molar-refractivity contribution in [1.29, 1.82) is 0 Å². The molecule has 3 rings (SSSR count). The van der Waals surface area contributed by atoms with E-state index in [1.807, 2.05) is 48.5 Å². The fourth-order valence-corrected chi connectivity index (χ4v) is 2.64. The van der Waals surface area contributed by atoms with Crippen LogP contribution in [-0.4, -0.2) is 5.11 Å². The minimum atomic E-state index is 0.116. The normalized spacial score (nSPS) is 11.3. The molecule has 0 atom stereocenters. The minimum Gasteiger partial charge on any atom is -0.506 e. The van der Waals surface area contributed by atoms with Crippen LogP contribution in [0.25, 0.3) is 10.8 Å². The summed E-state index contributed by atoms with van der Waals surface area (Å²) in [5, 5.41) is 20.3. The van der Waals surface area contributed by atoms with Gasteiger partial charge in [-0.2, -0.15) is 5.11 Å². The van der Waals surface area contributed by atoms with Crippen molar-refractivity contribution in [3.63, 3.8) is 0 Å². The molecule has 3 aromatic rings. The summed E-state index contributed by atoms with van der Waals surface area (Å²) in [5.74, 6) is 0.116. The number of hydrogen-bond donors (Lipinski definition) is 1. The van der Waals surface area contributed by atoms with Crippen molar-refractivity contribution in [2.45, 2.75) is 0 Å². The molecular formula is C16H10Br2N2O. The van der Waals surface area contributed by atoms with E-state index in [4.69, 9.17) is 0 Å². The predicted octanol–water partition coefficient (Wildman–Crippen LogP) is 6.49. The van der Waals surface area contributed by atoms with E-state index in [0.29, 0.717) is 5.69 Å². The molecule has 5 heteroatoms. The van der Waals surface area contributed by atoms with E-state index >= 15 is 0 Å². The molecule has 0 aliphatic carbocycles. The first-order valence-corrected chi connectivity index (χ1v) is 7.80. The maximum Gasteiger partial charge on any atom is 0.143 e. The van der Waals surface area contributed by atoms with Gasteiger partial charge in [0.05, 0.1) is 5.69 Å². The first-order chi connectivity index (χ1) is 10.1. The van der Waals surface area contributed by atoms with E-state index in [1.165, 1.54) is 0 Å².